The summed E-state index contributed by atoms with van der Waals surface area (Å²) >= 11 is 4.87. The number of nitrogens with zero attached hydrogens (tertiary/aromatic N) is 1. The van der Waals surface area contributed by atoms with Crippen molar-refractivity contribution in [1.29, 1.82) is 5.26 Å². The lowest BCUT2D eigenvalue weighted by atomic mass is 10.2. The van der Waals surface area contributed by atoms with Gasteiger partial charge in [0.05, 0.1) is 12.5 Å². The van der Waals surface area contributed by atoms with Crippen molar-refractivity contribution in [3.63, 3.8) is 0 Å². The van der Waals surface area contributed by atoms with E-state index in [9.17, 15) is 5.11 Å². The van der Waals surface area contributed by atoms with Crippen molar-refractivity contribution >= 4 is 27.3 Å². The van der Waals surface area contributed by atoms with Crippen LogP contribution < -0.4 is 0 Å². The minimum absolute atomic E-state index is 0.159. The zero-order valence-electron chi connectivity index (χ0n) is 6.54. The van der Waals surface area contributed by atoms with Crippen molar-refractivity contribution in [3.8, 4) is 6.07 Å². The molecule has 1 rings (SSSR count). The van der Waals surface area contributed by atoms with Crippen LogP contribution in [0, 0.1) is 18.3 Å². The number of aryl methyl sites for hydroxylation is 1. The lowest BCUT2D eigenvalue weighted by Crippen LogP contribution is -1.90. The van der Waals surface area contributed by atoms with Gasteiger partial charge in [0, 0.05) is 14.2 Å². The highest BCUT2D eigenvalue weighted by molar-refractivity contribution is 9.10. The molecule has 4 heteroatoms. The Hall–Kier alpha value is -0.370. The Morgan fingerprint density at radius 1 is 1.83 bits per heavy atom. The smallest absolute Gasteiger partial charge is 0.101 e. The van der Waals surface area contributed by atoms with Gasteiger partial charge in [0.2, 0.25) is 0 Å². The number of halogens is 1. The Morgan fingerprint density at radius 3 is 2.92 bits per heavy atom. The predicted molar refractivity (Wildman–Crippen MR) is 51.9 cm³/mol. The second-order valence-electron chi connectivity index (χ2n) is 2.43. The van der Waals surface area contributed by atoms with Crippen molar-refractivity contribution in [3.05, 3.63) is 20.3 Å². The molecular weight excluding hydrogens is 238 g/mol. The van der Waals surface area contributed by atoms with Crippen molar-refractivity contribution in [1.82, 2.24) is 0 Å². The average Bonchev–Trinajstić information content (AvgIpc) is 2.33. The predicted octanol–water partition coefficient (Wildman–Crippen LogP) is 2.77. The summed E-state index contributed by atoms with van der Waals surface area (Å²) in [4.78, 5) is 1.97. The van der Waals surface area contributed by atoms with Crippen LogP contribution in [0.5, 0.6) is 0 Å². The van der Waals surface area contributed by atoms with Crippen molar-refractivity contribution < 1.29 is 5.11 Å². The van der Waals surface area contributed by atoms with Crippen LogP contribution in [0.1, 0.15) is 22.3 Å². The molecule has 1 atom stereocenters. The maximum atomic E-state index is 9.43. The largest absolute Gasteiger partial charge is 0.386 e. The van der Waals surface area contributed by atoms with Crippen LogP contribution in [-0.4, -0.2) is 5.11 Å². The second kappa shape index (κ2) is 4.04. The first-order valence-corrected chi connectivity index (χ1v) is 5.07. The van der Waals surface area contributed by atoms with Gasteiger partial charge in [0.1, 0.15) is 6.10 Å². The van der Waals surface area contributed by atoms with Crippen LogP contribution in [0.15, 0.2) is 10.5 Å². The molecule has 0 amide bonds. The first-order valence-electron chi connectivity index (χ1n) is 3.46. The molecule has 1 aromatic rings. The summed E-state index contributed by atoms with van der Waals surface area (Å²) < 4.78 is 1.000. The second-order valence-corrected chi connectivity index (χ2v) is 4.57. The Morgan fingerprint density at radius 2 is 2.50 bits per heavy atom. The molecule has 0 saturated heterocycles. The topological polar surface area (TPSA) is 44.0 Å². The van der Waals surface area contributed by atoms with E-state index in [4.69, 9.17) is 5.26 Å². The van der Waals surface area contributed by atoms with Crippen molar-refractivity contribution in [2.75, 3.05) is 0 Å². The van der Waals surface area contributed by atoms with Gasteiger partial charge in [-0.25, -0.2) is 0 Å². The summed E-state index contributed by atoms with van der Waals surface area (Å²) in [5.41, 5.74) is 0. The molecule has 0 spiro atoms. The van der Waals surface area contributed by atoms with Crippen LogP contribution in [0.4, 0.5) is 0 Å². The van der Waals surface area contributed by atoms with E-state index < -0.39 is 6.10 Å². The van der Waals surface area contributed by atoms with Gasteiger partial charge in [-0.15, -0.1) is 11.3 Å². The molecule has 0 aliphatic heterocycles. The fourth-order valence-corrected chi connectivity index (χ4v) is 2.38. The Labute approximate surface area is 83.6 Å². The van der Waals surface area contributed by atoms with Crippen molar-refractivity contribution in [2.45, 2.75) is 19.4 Å². The fourth-order valence-electron chi connectivity index (χ4n) is 0.833. The Kier molecular flexibility index (Phi) is 3.27. The Balaban J connectivity index is 2.83. The van der Waals surface area contributed by atoms with Gasteiger partial charge in [-0.3, -0.25) is 0 Å². The number of hydrogen-bond donors (Lipinski definition) is 1. The van der Waals surface area contributed by atoms with E-state index >= 15 is 0 Å². The fraction of sp³-hybridized carbons (Fsp3) is 0.375. The third kappa shape index (κ3) is 2.07. The summed E-state index contributed by atoms with van der Waals surface area (Å²) in [5.74, 6) is 0. The molecule has 12 heavy (non-hydrogen) atoms. The minimum Gasteiger partial charge on any atom is -0.386 e. The molecule has 0 radical (unpaired) electrons. The lowest BCUT2D eigenvalue weighted by molar-refractivity contribution is 0.187. The zero-order chi connectivity index (χ0) is 9.14. The number of thiophene rings is 1. The van der Waals surface area contributed by atoms with Crippen LogP contribution in [0.25, 0.3) is 0 Å². The van der Waals surface area contributed by atoms with Crippen molar-refractivity contribution in [2.24, 2.45) is 0 Å². The number of aliphatic hydroxyl groups is 1. The normalized spacial score (nSPS) is 12.5. The first kappa shape index (κ1) is 9.72. The van der Waals surface area contributed by atoms with E-state index in [0.717, 1.165) is 14.2 Å². The molecule has 1 aromatic heterocycles. The number of nitriles is 1. The minimum atomic E-state index is -0.634. The number of rotatable bonds is 2. The summed E-state index contributed by atoms with van der Waals surface area (Å²) in [6.07, 6.45) is -0.475. The van der Waals surface area contributed by atoms with E-state index in [-0.39, 0.29) is 6.42 Å². The summed E-state index contributed by atoms with van der Waals surface area (Å²) in [6, 6.07) is 3.80. The molecule has 64 valence electrons. The molecule has 1 unspecified atom stereocenters. The van der Waals surface area contributed by atoms with Gasteiger partial charge in [-0.2, -0.15) is 5.26 Å². The van der Waals surface area contributed by atoms with E-state index in [2.05, 4.69) is 15.9 Å². The molecular formula is C8H8BrNOS. The molecule has 1 N–H and O–H groups in total. The third-order valence-corrected chi connectivity index (χ3v) is 3.73. The maximum absolute atomic E-state index is 9.43. The average molecular weight is 246 g/mol. The summed E-state index contributed by atoms with van der Waals surface area (Å²) in [5, 5.41) is 17.8. The van der Waals surface area contributed by atoms with Gasteiger partial charge >= 0.3 is 0 Å². The van der Waals surface area contributed by atoms with Crippen LogP contribution in [0.2, 0.25) is 0 Å². The lowest BCUT2D eigenvalue weighted by Gasteiger charge is -2.00. The zero-order valence-corrected chi connectivity index (χ0v) is 8.94. The van der Waals surface area contributed by atoms with E-state index in [1.165, 1.54) is 11.3 Å². The molecule has 2 nitrogen and oxygen atoms in total. The molecule has 1 heterocycles. The third-order valence-electron chi connectivity index (χ3n) is 1.49. The summed E-state index contributed by atoms with van der Waals surface area (Å²) in [7, 11) is 0. The first-order chi connectivity index (χ1) is 5.65. The highest BCUT2D eigenvalue weighted by Gasteiger charge is 2.11. The van der Waals surface area contributed by atoms with Gasteiger partial charge in [-0.05, 0) is 28.9 Å². The number of aliphatic hydroxyl groups excluding tert-OH is 1. The summed E-state index contributed by atoms with van der Waals surface area (Å²) in [6.45, 7) is 1.97. The molecule has 0 bridgehead atoms. The van der Waals surface area contributed by atoms with Gasteiger partial charge in [0.15, 0.2) is 0 Å². The SMILES string of the molecule is Cc1sc(C(O)CC#N)cc1Br. The van der Waals surface area contributed by atoms with Gasteiger partial charge in [-0.1, -0.05) is 0 Å². The molecule has 0 fully saturated rings. The van der Waals surface area contributed by atoms with E-state index in [1.807, 2.05) is 19.1 Å². The van der Waals surface area contributed by atoms with E-state index in [0.29, 0.717) is 0 Å². The van der Waals surface area contributed by atoms with Gasteiger partial charge < -0.3 is 5.11 Å². The number of hydrogen-bond acceptors (Lipinski definition) is 3. The maximum Gasteiger partial charge on any atom is 0.101 e. The molecule has 0 aliphatic carbocycles. The molecule has 0 saturated carbocycles. The highest BCUT2D eigenvalue weighted by Crippen LogP contribution is 2.31. The Bertz CT molecular complexity index is 296. The van der Waals surface area contributed by atoms with E-state index in [1.54, 1.807) is 0 Å². The van der Waals surface area contributed by atoms with Crippen LogP contribution in [-0.2, 0) is 0 Å². The molecule has 0 aliphatic rings. The standard InChI is InChI=1S/C8H8BrNOS/c1-5-6(9)4-8(12-5)7(11)2-3-10/h4,7,11H,2H2,1H3. The quantitative estimate of drug-likeness (QED) is 0.871. The van der Waals surface area contributed by atoms with Gasteiger partial charge in [0.25, 0.3) is 0 Å². The van der Waals surface area contributed by atoms with Crippen LogP contribution in [0.3, 0.4) is 0 Å². The van der Waals surface area contributed by atoms with Crippen LogP contribution >= 0.6 is 27.3 Å². The molecule has 0 aromatic carbocycles. The monoisotopic (exact) mass is 245 g/mol. The highest BCUT2D eigenvalue weighted by atomic mass is 79.9.